The number of rotatable bonds is 4. The quantitative estimate of drug-likeness (QED) is 0.762. The van der Waals surface area contributed by atoms with Crippen molar-refractivity contribution in [1.29, 1.82) is 0 Å². The highest BCUT2D eigenvalue weighted by molar-refractivity contribution is 5.95. The summed E-state index contributed by atoms with van der Waals surface area (Å²) in [6.07, 6.45) is -0.725. The zero-order valence-corrected chi connectivity index (χ0v) is 15.0. The minimum absolute atomic E-state index is 0.00646. The van der Waals surface area contributed by atoms with Gasteiger partial charge in [0.05, 0.1) is 30.6 Å². The lowest BCUT2D eigenvalue weighted by atomic mass is 9.82. The normalized spacial score (nSPS) is 22.8. The van der Waals surface area contributed by atoms with E-state index < -0.39 is 35.5 Å². The van der Waals surface area contributed by atoms with Gasteiger partial charge in [-0.3, -0.25) is 9.59 Å². The Morgan fingerprint density at radius 3 is 2.36 bits per heavy atom. The van der Waals surface area contributed by atoms with Gasteiger partial charge >= 0.3 is 12.1 Å². The van der Waals surface area contributed by atoms with Crippen molar-refractivity contribution < 1.29 is 32.6 Å². The van der Waals surface area contributed by atoms with Crippen molar-refractivity contribution in [2.75, 3.05) is 36.5 Å². The number of benzene rings is 1. The van der Waals surface area contributed by atoms with Gasteiger partial charge in [-0.2, -0.15) is 13.2 Å². The van der Waals surface area contributed by atoms with E-state index in [2.05, 4.69) is 5.32 Å². The van der Waals surface area contributed by atoms with E-state index in [1.165, 1.54) is 12.1 Å². The fourth-order valence-electron chi connectivity index (χ4n) is 3.53. The maximum absolute atomic E-state index is 13.6. The summed E-state index contributed by atoms with van der Waals surface area (Å²) in [5, 5.41) is 11.7. The zero-order chi connectivity index (χ0) is 20.3. The molecule has 0 spiro atoms. The highest BCUT2D eigenvalue weighted by Crippen LogP contribution is 2.39. The van der Waals surface area contributed by atoms with Gasteiger partial charge in [0.25, 0.3) is 0 Å². The van der Waals surface area contributed by atoms with Crippen LogP contribution in [0, 0.1) is 11.8 Å². The first-order valence-corrected chi connectivity index (χ1v) is 9.00. The minimum Gasteiger partial charge on any atom is -0.481 e. The van der Waals surface area contributed by atoms with Gasteiger partial charge in [0.15, 0.2) is 0 Å². The van der Waals surface area contributed by atoms with Gasteiger partial charge in [-0.05, 0) is 31.0 Å². The third-order valence-corrected chi connectivity index (χ3v) is 5.01. The lowest BCUT2D eigenvalue weighted by molar-refractivity contribution is -0.146. The van der Waals surface area contributed by atoms with E-state index in [9.17, 15) is 27.9 Å². The number of carbonyl (C=O) groups is 2. The molecule has 0 aromatic heterocycles. The minimum atomic E-state index is -4.59. The molecule has 1 aliphatic carbocycles. The van der Waals surface area contributed by atoms with Crippen LogP contribution in [0.5, 0.6) is 0 Å². The molecule has 1 aliphatic heterocycles. The summed E-state index contributed by atoms with van der Waals surface area (Å²) in [7, 11) is 0. The third-order valence-electron chi connectivity index (χ3n) is 5.01. The number of ether oxygens (including phenoxy) is 1. The molecule has 28 heavy (non-hydrogen) atoms. The van der Waals surface area contributed by atoms with Crippen LogP contribution >= 0.6 is 0 Å². The van der Waals surface area contributed by atoms with Crippen LogP contribution in [0.3, 0.4) is 0 Å². The molecule has 2 atom stereocenters. The number of amides is 1. The first-order valence-electron chi connectivity index (χ1n) is 9.00. The van der Waals surface area contributed by atoms with Gasteiger partial charge in [-0.25, -0.2) is 0 Å². The van der Waals surface area contributed by atoms with Crippen LogP contribution in [0.15, 0.2) is 30.4 Å². The largest absolute Gasteiger partial charge is 0.481 e. The van der Waals surface area contributed by atoms with E-state index in [-0.39, 0.29) is 24.2 Å². The van der Waals surface area contributed by atoms with Gasteiger partial charge in [-0.15, -0.1) is 0 Å². The maximum Gasteiger partial charge on any atom is 0.418 e. The lowest BCUT2D eigenvalue weighted by Gasteiger charge is -2.31. The Morgan fingerprint density at radius 1 is 1.11 bits per heavy atom. The van der Waals surface area contributed by atoms with E-state index in [0.29, 0.717) is 26.3 Å². The van der Waals surface area contributed by atoms with Crippen LogP contribution in [-0.4, -0.2) is 43.3 Å². The molecule has 3 rings (SSSR count). The number of anilines is 2. The Hall–Kier alpha value is -2.55. The molecule has 9 heteroatoms. The van der Waals surface area contributed by atoms with Gasteiger partial charge in [0, 0.05) is 24.5 Å². The van der Waals surface area contributed by atoms with Crippen molar-refractivity contribution >= 4 is 23.3 Å². The fraction of sp³-hybridized carbons (Fsp3) is 0.474. The Balaban J connectivity index is 1.83. The molecule has 1 aromatic carbocycles. The molecule has 0 radical (unpaired) electrons. The van der Waals surface area contributed by atoms with E-state index >= 15 is 0 Å². The summed E-state index contributed by atoms with van der Waals surface area (Å²) in [5.41, 5.74) is -0.809. The van der Waals surface area contributed by atoms with Crippen molar-refractivity contribution in [2.24, 2.45) is 11.8 Å². The van der Waals surface area contributed by atoms with Gasteiger partial charge in [0.2, 0.25) is 5.91 Å². The van der Waals surface area contributed by atoms with Crippen molar-refractivity contribution in [1.82, 2.24) is 0 Å². The summed E-state index contributed by atoms with van der Waals surface area (Å²) in [6.45, 7) is 1.40. The third kappa shape index (κ3) is 4.46. The molecule has 0 unspecified atom stereocenters. The average molecular weight is 398 g/mol. The molecule has 0 bridgehead atoms. The molecule has 1 heterocycles. The van der Waals surface area contributed by atoms with Crippen molar-refractivity contribution in [3.8, 4) is 0 Å². The first kappa shape index (κ1) is 20.2. The van der Waals surface area contributed by atoms with E-state index in [0.717, 1.165) is 6.07 Å². The number of carbonyl (C=O) groups excluding carboxylic acids is 1. The number of aliphatic carboxylic acids is 1. The summed E-state index contributed by atoms with van der Waals surface area (Å²) < 4.78 is 45.9. The second-order valence-electron chi connectivity index (χ2n) is 6.81. The number of allylic oxidation sites excluding steroid dienone is 2. The molecule has 1 fully saturated rings. The molecule has 6 nitrogen and oxygen atoms in total. The average Bonchev–Trinajstić information content (AvgIpc) is 2.68. The molecular weight excluding hydrogens is 377 g/mol. The number of carboxylic acids is 1. The number of carboxylic acid groups (broad SMARTS) is 1. The van der Waals surface area contributed by atoms with Crippen LogP contribution in [0.4, 0.5) is 24.5 Å². The van der Waals surface area contributed by atoms with Crippen LogP contribution in [0.2, 0.25) is 0 Å². The van der Waals surface area contributed by atoms with E-state index in [1.54, 1.807) is 17.1 Å². The lowest BCUT2D eigenvalue weighted by Crippen LogP contribution is -2.37. The summed E-state index contributed by atoms with van der Waals surface area (Å²) in [4.78, 5) is 25.5. The predicted octanol–water partition coefficient (Wildman–Crippen LogP) is 3.15. The second-order valence-corrected chi connectivity index (χ2v) is 6.81. The topological polar surface area (TPSA) is 78.9 Å². The Morgan fingerprint density at radius 2 is 1.75 bits per heavy atom. The smallest absolute Gasteiger partial charge is 0.418 e. The maximum atomic E-state index is 13.6. The highest BCUT2D eigenvalue weighted by atomic mass is 19.4. The van der Waals surface area contributed by atoms with E-state index in [4.69, 9.17) is 4.74 Å². The molecule has 2 aliphatic rings. The molecule has 0 saturated carbocycles. The molecular formula is C19H21F3N2O4. The Kier molecular flexibility index (Phi) is 5.93. The summed E-state index contributed by atoms with van der Waals surface area (Å²) >= 11 is 0. The number of morpholine rings is 1. The second kappa shape index (κ2) is 8.22. The van der Waals surface area contributed by atoms with Crippen LogP contribution in [0.25, 0.3) is 0 Å². The van der Waals surface area contributed by atoms with Crippen LogP contribution < -0.4 is 10.2 Å². The van der Waals surface area contributed by atoms with Gasteiger partial charge in [0.1, 0.15) is 0 Å². The number of nitrogens with zero attached hydrogens (tertiary/aromatic N) is 1. The van der Waals surface area contributed by atoms with Crippen molar-refractivity contribution in [3.05, 3.63) is 35.9 Å². The monoisotopic (exact) mass is 398 g/mol. The Labute approximate surface area is 160 Å². The van der Waals surface area contributed by atoms with Crippen molar-refractivity contribution in [3.63, 3.8) is 0 Å². The number of halogens is 3. The number of hydrogen-bond donors (Lipinski definition) is 2. The van der Waals surface area contributed by atoms with Crippen molar-refractivity contribution in [2.45, 2.75) is 19.0 Å². The molecule has 1 amide bonds. The highest BCUT2D eigenvalue weighted by Gasteiger charge is 2.37. The molecule has 2 N–H and O–H groups in total. The standard InChI is InChI=1S/C19H21F3N2O4/c20-19(21,22)15-11-12(5-6-16(15)24-7-9-28-10-8-24)23-17(25)13-3-1-2-4-14(13)18(26)27/h1-2,5-6,11,13-14H,3-4,7-10H2,(H,23,25)(H,26,27)/t13-,14+/m1/s1. The number of nitrogens with one attached hydrogen (secondary N) is 1. The molecule has 1 saturated heterocycles. The fourth-order valence-corrected chi connectivity index (χ4v) is 3.53. The summed E-state index contributed by atoms with van der Waals surface area (Å²) in [5.74, 6) is -3.40. The molecule has 1 aromatic rings. The van der Waals surface area contributed by atoms with Gasteiger partial charge in [-0.1, -0.05) is 12.2 Å². The number of hydrogen-bond acceptors (Lipinski definition) is 4. The summed E-state index contributed by atoms with van der Waals surface area (Å²) in [6, 6.07) is 3.64. The first-order chi connectivity index (χ1) is 13.3. The predicted molar refractivity (Wildman–Crippen MR) is 96.1 cm³/mol. The molecule has 152 valence electrons. The van der Waals surface area contributed by atoms with Gasteiger partial charge < -0.3 is 20.1 Å². The SMILES string of the molecule is O=C(O)[C@H]1CC=CC[C@H]1C(=O)Nc1ccc(N2CCOCC2)c(C(F)(F)F)c1. The van der Waals surface area contributed by atoms with Crippen LogP contribution in [0.1, 0.15) is 18.4 Å². The zero-order valence-electron chi connectivity index (χ0n) is 15.0. The Bertz CT molecular complexity index is 773. The number of alkyl halides is 3. The van der Waals surface area contributed by atoms with Crippen LogP contribution in [-0.2, 0) is 20.5 Å². The van der Waals surface area contributed by atoms with E-state index in [1.807, 2.05) is 0 Å².